The summed E-state index contributed by atoms with van der Waals surface area (Å²) in [5, 5.41) is 13.8. The van der Waals surface area contributed by atoms with Crippen LogP contribution in [0.2, 0.25) is 0 Å². The van der Waals surface area contributed by atoms with Gasteiger partial charge in [0.2, 0.25) is 0 Å². The van der Waals surface area contributed by atoms with Crippen LogP contribution in [0.4, 0.5) is 0 Å². The SMILES string of the molecule is COc1ccc2[nH]c(=O)c(CN(CCO)C(=S)NCc3ccco3)cc2c1. The van der Waals surface area contributed by atoms with Crippen molar-refractivity contribution in [1.82, 2.24) is 15.2 Å². The third-order valence-corrected chi connectivity index (χ3v) is 4.54. The molecule has 0 bridgehead atoms. The molecule has 1 aromatic carbocycles. The number of aliphatic hydroxyl groups is 1. The molecular formula is C19H21N3O4S. The van der Waals surface area contributed by atoms with E-state index in [2.05, 4.69) is 10.3 Å². The molecule has 0 saturated carbocycles. The zero-order valence-electron chi connectivity index (χ0n) is 14.9. The van der Waals surface area contributed by atoms with Crippen molar-refractivity contribution in [3.05, 3.63) is 64.3 Å². The van der Waals surface area contributed by atoms with Crippen LogP contribution in [0, 0.1) is 0 Å². The molecule has 0 spiro atoms. The number of hydrogen-bond acceptors (Lipinski definition) is 5. The van der Waals surface area contributed by atoms with Crippen LogP contribution in [0.5, 0.6) is 5.75 Å². The maximum Gasteiger partial charge on any atom is 0.253 e. The lowest BCUT2D eigenvalue weighted by Gasteiger charge is -2.24. The minimum atomic E-state index is -0.190. The molecule has 3 N–H and O–H groups in total. The van der Waals surface area contributed by atoms with Crippen LogP contribution in [0.25, 0.3) is 10.9 Å². The molecule has 8 heteroatoms. The number of pyridine rings is 1. The Hall–Kier alpha value is -2.84. The first-order valence-corrected chi connectivity index (χ1v) is 8.87. The van der Waals surface area contributed by atoms with Crippen molar-refractivity contribution in [2.24, 2.45) is 0 Å². The topological polar surface area (TPSA) is 90.7 Å². The number of fused-ring (bicyclic) bond motifs is 1. The fourth-order valence-electron chi connectivity index (χ4n) is 2.74. The molecule has 0 aliphatic carbocycles. The van der Waals surface area contributed by atoms with Crippen molar-refractivity contribution >= 4 is 28.2 Å². The normalized spacial score (nSPS) is 10.7. The minimum Gasteiger partial charge on any atom is -0.497 e. The van der Waals surface area contributed by atoms with Crippen molar-refractivity contribution < 1.29 is 14.3 Å². The van der Waals surface area contributed by atoms with Gasteiger partial charge in [0.25, 0.3) is 5.56 Å². The predicted molar refractivity (Wildman–Crippen MR) is 107 cm³/mol. The van der Waals surface area contributed by atoms with Crippen LogP contribution >= 0.6 is 12.2 Å². The number of rotatable bonds is 7. The standard InChI is InChI=1S/C19H21N3O4S/c1-25-15-4-5-17-13(10-15)9-14(18(24)21-17)12-22(6-7-23)19(27)20-11-16-3-2-8-26-16/h2-5,8-10,23H,6-7,11-12H2,1H3,(H,20,27)(H,21,24). The van der Waals surface area contributed by atoms with Crippen molar-refractivity contribution in [2.75, 3.05) is 20.3 Å². The van der Waals surface area contributed by atoms with E-state index in [1.807, 2.05) is 18.2 Å². The van der Waals surface area contributed by atoms with Crippen LogP contribution in [0.3, 0.4) is 0 Å². The van der Waals surface area contributed by atoms with E-state index < -0.39 is 0 Å². The number of aliphatic hydroxyl groups excluding tert-OH is 1. The fourth-order valence-corrected chi connectivity index (χ4v) is 2.97. The van der Waals surface area contributed by atoms with E-state index >= 15 is 0 Å². The van der Waals surface area contributed by atoms with Crippen LogP contribution < -0.4 is 15.6 Å². The number of H-pyrrole nitrogens is 1. The van der Waals surface area contributed by atoms with Gasteiger partial charge in [0.1, 0.15) is 11.5 Å². The summed E-state index contributed by atoms with van der Waals surface area (Å²) in [4.78, 5) is 17.1. The highest BCUT2D eigenvalue weighted by Crippen LogP contribution is 2.19. The zero-order valence-corrected chi connectivity index (χ0v) is 15.7. The van der Waals surface area contributed by atoms with Crippen LogP contribution in [-0.2, 0) is 13.1 Å². The third kappa shape index (κ3) is 4.66. The number of methoxy groups -OCH3 is 1. The summed E-state index contributed by atoms with van der Waals surface area (Å²) in [5.41, 5.74) is 1.09. The second kappa shape index (κ2) is 8.70. The average molecular weight is 387 g/mol. The van der Waals surface area contributed by atoms with Crippen LogP contribution in [0.1, 0.15) is 11.3 Å². The summed E-state index contributed by atoms with van der Waals surface area (Å²) in [6.45, 7) is 0.924. The molecule has 0 aliphatic heterocycles. The highest BCUT2D eigenvalue weighted by atomic mass is 32.1. The van der Waals surface area contributed by atoms with E-state index in [9.17, 15) is 9.90 Å². The first-order valence-electron chi connectivity index (χ1n) is 8.46. The molecule has 0 amide bonds. The van der Waals surface area contributed by atoms with Gasteiger partial charge in [-0.25, -0.2) is 0 Å². The molecule has 2 heterocycles. The van der Waals surface area contributed by atoms with Gasteiger partial charge in [-0.1, -0.05) is 0 Å². The first-order chi connectivity index (χ1) is 13.1. The van der Waals surface area contributed by atoms with Gasteiger partial charge in [-0.05, 0) is 48.6 Å². The molecule has 2 aromatic heterocycles. The van der Waals surface area contributed by atoms with Gasteiger partial charge in [-0.2, -0.15) is 0 Å². The van der Waals surface area contributed by atoms with E-state index in [4.69, 9.17) is 21.4 Å². The second-order valence-corrected chi connectivity index (χ2v) is 6.35. The number of thiocarbonyl (C=S) groups is 1. The Bertz CT molecular complexity index is 969. The Morgan fingerprint density at radius 2 is 2.22 bits per heavy atom. The first kappa shape index (κ1) is 18.9. The van der Waals surface area contributed by atoms with E-state index in [1.54, 1.807) is 36.5 Å². The molecule has 0 saturated heterocycles. The van der Waals surface area contributed by atoms with E-state index in [0.29, 0.717) is 29.5 Å². The van der Waals surface area contributed by atoms with Gasteiger partial charge < -0.3 is 29.5 Å². The number of nitrogens with zero attached hydrogens (tertiary/aromatic N) is 1. The number of furan rings is 1. The largest absolute Gasteiger partial charge is 0.497 e. The molecule has 0 atom stereocenters. The monoisotopic (exact) mass is 387 g/mol. The summed E-state index contributed by atoms with van der Waals surface area (Å²) < 4.78 is 10.5. The van der Waals surface area contributed by atoms with Crippen molar-refractivity contribution in [3.8, 4) is 5.75 Å². The Balaban J connectivity index is 1.79. The van der Waals surface area contributed by atoms with E-state index in [1.165, 1.54) is 0 Å². The number of ether oxygens (including phenoxy) is 1. The molecule has 7 nitrogen and oxygen atoms in total. The number of benzene rings is 1. The second-order valence-electron chi connectivity index (χ2n) is 5.96. The molecule has 0 aliphatic rings. The Morgan fingerprint density at radius 1 is 1.37 bits per heavy atom. The Kier molecular flexibility index (Phi) is 6.10. The summed E-state index contributed by atoms with van der Waals surface area (Å²) in [6, 6.07) is 10.9. The number of aromatic amines is 1. The van der Waals surface area contributed by atoms with Gasteiger partial charge in [0, 0.05) is 23.0 Å². The number of aromatic nitrogens is 1. The molecule has 0 radical (unpaired) electrons. The van der Waals surface area contributed by atoms with Gasteiger partial charge in [0.05, 0.1) is 33.1 Å². The predicted octanol–water partition coefficient (Wildman–Crippen LogP) is 2.00. The lowest BCUT2D eigenvalue weighted by Crippen LogP contribution is -2.41. The highest BCUT2D eigenvalue weighted by Gasteiger charge is 2.13. The third-order valence-electron chi connectivity index (χ3n) is 4.14. The quantitative estimate of drug-likeness (QED) is 0.534. The van der Waals surface area contributed by atoms with Crippen molar-refractivity contribution in [1.29, 1.82) is 0 Å². The highest BCUT2D eigenvalue weighted by molar-refractivity contribution is 7.80. The maximum absolute atomic E-state index is 12.4. The van der Waals surface area contributed by atoms with Gasteiger partial charge in [-0.15, -0.1) is 0 Å². The molecule has 0 fully saturated rings. The van der Waals surface area contributed by atoms with Gasteiger partial charge >= 0.3 is 0 Å². The van der Waals surface area contributed by atoms with Crippen molar-refractivity contribution in [3.63, 3.8) is 0 Å². The molecule has 0 unspecified atom stereocenters. The maximum atomic E-state index is 12.4. The summed E-state index contributed by atoms with van der Waals surface area (Å²) in [6.07, 6.45) is 1.59. The summed E-state index contributed by atoms with van der Waals surface area (Å²) in [5.74, 6) is 1.46. The van der Waals surface area contributed by atoms with Crippen LogP contribution in [-0.4, -0.2) is 40.4 Å². The fraction of sp³-hybridized carbons (Fsp3) is 0.263. The number of hydrogen-bond donors (Lipinski definition) is 3. The van der Waals surface area contributed by atoms with Crippen LogP contribution in [0.15, 0.2) is 51.9 Å². The molecule has 3 rings (SSSR count). The average Bonchev–Trinajstić information content (AvgIpc) is 3.19. The molecule has 3 aromatic rings. The zero-order chi connectivity index (χ0) is 19.2. The lowest BCUT2D eigenvalue weighted by molar-refractivity contribution is 0.245. The molecule has 142 valence electrons. The summed E-state index contributed by atoms with van der Waals surface area (Å²) >= 11 is 5.42. The summed E-state index contributed by atoms with van der Waals surface area (Å²) in [7, 11) is 1.60. The van der Waals surface area contributed by atoms with E-state index in [-0.39, 0.29) is 18.7 Å². The Morgan fingerprint density at radius 3 is 2.93 bits per heavy atom. The molecule has 27 heavy (non-hydrogen) atoms. The molecular weight excluding hydrogens is 366 g/mol. The lowest BCUT2D eigenvalue weighted by atomic mass is 10.1. The Labute approximate surface area is 161 Å². The van der Waals surface area contributed by atoms with Gasteiger partial charge in [0.15, 0.2) is 5.11 Å². The van der Waals surface area contributed by atoms with E-state index in [0.717, 1.165) is 16.7 Å². The van der Waals surface area contributed by atoms with Crippen molar-refractivity contribution in [2.45, 2.75) is 13.1 Å². The smallest absolute Gasteiger partial charge is 0.253 e. The number of nitrogens with one attached hydrogen (secondary N) is 2. The van der Waals surface area contributed by atoms with Gasteiger partial charge in [-0.3, -0.25) is 4.79 Å². The minimum absolute atomic E-state index is 0.0815.